The number of fused-ring (bicyclic) bond motifs is 4. The number of hydrogen-bond acceptors (Lipinski definition) is 3. The van der Waals surface area contributed by atoms with Crippen LogP contribution in [0.5, 0.6) is 5.75 Å². The van der Waals surface area contributed by atoms with E-state index in [9.17, 15) is 0 Å². The van der Waals surface area contributed by atoms with Crippen LogP contribution in [0.15, 0.2) is 66.7 Å². The molecule has 0 amide bonds. The molecule has 0 saturated heterocycles. The standard InChI is InChI=1S/C24H21N3O/c1-16-7-5-9-18(15-16)28-14-13-27-23-17(2)8-6-10-19(23)22-24(27)26-21-12-4-3-11-20(21)25-22/h3-12,15H,13-14H2,1-2H3. The van der Waals surface area contributed by atoms with E-state index in [1.807, 2.05) is 36.4 Å². The smallest absolute Gasteiger partial charge is 0.160 e. The molecule has 0 radical (unpaired) electrons. The lowest BCUT2D eigenvalue weighted by Crippen LogP contribution is -2.09. The Morgan fingerprint density at radius 1 is 0.857 bits per heavy atom. The van der Waals surface area contributed by atoms with Gasteiger partial charge < -0.3 is 9.30 Å². The van der Waals surface area contributed by atoms with Crippen molar-refractivity contribution in [2.75, 3.05) is 6.61 Å². The molecule has 0 saturated carbocycles. The molecule has 4 heteroatoms. The molecule has 28 heavy (non-hydrogen) atoms. The number of aryl methyl sites for hydroxylation is 2. The van der Waals surface area contributed by atoms with E-state index in [0.29, 0.717) is 13.2 Å². The molecule has 0 aliphatic carbocycles. The number of para-hydroxylation sites is 3. The molecule has 0 unspecified atom stereocenters. The van der Waals surface area contributed by atoms with Gasteiger partial charge in [0.25, 0.3) is 0 Å². The van der Waals surface area contributed by atoms with E-state index in [2.05, 4.69) is 48.7 Å². The van der Waals surface area contributed by atoms with Crippen molar-refractivity contribution in [2.24, 2.45) is 0 Å². The highest BCUT2D eigenvalue weighted by Crippen LogP contribution is 2.30. The fourth-order valence-corrected chi connectivity index (χ4v) is 3.85. The van der Waals surface area contributed by atoms with Crippen molar-refractivity contribution in [1.29, 1.82) is 0 Å². The minimum Gasteiger partial charge on any atom is -0.492 e. The lowest BCUT2D eigenvalue weighted by Gasteiger charge is -2.11. The van der Waals surface area contributed by atoms with Crippen LogP contribution in [0.4, 0.5) is 0 Å². The van der Waals surface area contributed by atoms with E-state index >= 15 is 0 Å². The van der Waals surface area contributed by atoms with E-state index in [4.69, 9.17) is 14.7 Å². The van der Waals surface area contributed by atoms with E-state index in [0.717, 1.165) is 33.3 Å². The lowest BCUT2D eigenvalue weighted by molar-refractivity contribution is 0.302. The average Bonchev–Trinajstić information content (AvgIpc) is 3.01. The van der Waals surface area contributed by atoms with Crippen molar-refractivity contribution in [2.45, 2.75) is 20.4 Å². The summed E-state index contributed by atoms with van der Waals surface area (Å²) in [5, 5.41) is 1.14. The van der Waals surface area contributed by atoms with Crippen LogP contribution in [-0.2, 0) is 6.54 Å². The largest absolute Gasteiger partial charge is 0.492 e. The number of ether oxygens (including phenoxy) is 1. The van der Waals surface area contributed by atoms with E-state index in [1.165, 1.54) is 16.6 Å². The average molecular weight is 367 g/mol. The summed E-state index contributed by atoms with van der Waals surface area (Å²) in [4.78, 5) is 9.86. The summed E-state index contributed by atoms with van der Waals surface area (Å²) in [5.74, 6) is 0.897. The number of benzene rings is 3. The first-order chi connectivity index (χ1) is 13.7. The number of hydrogen-bond donors (Lipinski definition) is 0. The maximum Gasteiger partial charge on any atom is 0.160 e. The van der Waals surface area contributed by atoms with Crippen molar-refractivity contribution >= 4 is 33.1 Å². The molecular weight excluding hydrogens is 346 g/mol. The Hall–Kier alpha value is -3.40. The van der Waals surface area contributed by atoms with Gasteiger partial charge in [-0.1, -0.05) is 42.5 Å². The van der Waals surface area contributed by atoms with Crippen LogP contribution in [0, 0.1) is 13.8 Å². The first-order valence-electron chi connectivity index (χ1n) is 9.54. The number of nitrogens with zero attached hydrogens (tertiary/aromatic N) is 3. The first kappa shape index (κ1) is 16.8. The predicted molar refractivity (Wildman–Crippen MR) is 114 cm³/mol. The molecule has 4 nitrogen and oxygen atoms in total. The van der Waals surface area contributed by atoms with Gasteiger partial charge >= 0.3 is 0 Å². The monoisotopic (exact) mass is 367 g/mol. The Morgan fingerprint density at radius 3 is 2.46 bits per heavy atom. The Bertz CT molecular complexity index is 1320. The van der Waals surface area contributed by atoms with Gasteiger partial charge in [0.1, 0.15) is 17.9 Å². The molecule has 138 valence electrons. The van der Waals surface area contributed by atoms with Crippen molar-refractivity contribution < 1.29 is 4.74 Å². The summed E-state index contributed by atoms with van der Waals surface area (Å²) in [5.41, 5.74) is 7.30. The van der Waals surface area contributed by atoms with Crippen LogP contribution in [-0.4, -0.2) is 21.1 Å². The summed E-state index contributed by atoms with van der Waals surface area (Å²) in [6.07, 6.45) is 0. The molecule has 0 aliphatic heterocycles. The van der Waals surface area contributed by atoms with Gasteiger partial charge in [-0.25, -0.2) is 9.97 Å². The highest BCUT2D eigenvalue weighted by atomic mass is 16.5. The van der Waals surface area contributed by atoms with Crippen molar-refractivity contribution in [3.05, 3.63) is 77.9 Å². The van der Waals surface area contributed by atoms with Crippen molar-refractivity contribution in [3.63, 3.8) is 0 Å². The number of rotatable bonds is 4. The molecule has 0 N–H and O–H groups in total. The fraction of sp³-hybridized carbons (Fsp3) is 0.167. The Balaban J connectivity index is 1.62. The second kappa shape index (κ2) is 6.64. The highest BCUT2D eigenvalue weighted by molar-refractivity contribution is 6.07. The summed E-state index contributed by atoms with van der Waals surface area (Å²) >= 11 is 0. The quantitative estimate of drug-likeness (QED) is 0.425. The van der Waals surface area contributed by atoms with Gasteiger partial charge in [0.2, 0.25) is 0 Å². The maximum atomic E-state index is 6.02. The fourth-order valence-electron chi connectivity index (χ4n) is 3.85. The molecule has 3 aromatic carbocycles. The van der Waals surface area contributed by atoms with Gasteiger partial charge in [-0.05, 0) is 49.2 Å². The zero-order chi connectivity index (χ0) is 19.1. The second-order valence-electron chi connectivity index (χ2n) is 7.17. The summed E-state index contributed by atoms with van der Waals surface area (Å²) < 4.78 is 8.26. The van der Waals surface area contributed by atoms with Gasteiger partial charge in [-0.15, -0.1) is 0 Å². The van der Waals surface area contributed by atoms with Gasteiger partial charge in [0, 0.05) is 5.39 Å². The molecule has 0 bridgehead atoms. The molecule has 0 spiro atoms. The second-order valence-corrected chi connectivity index (χ2v) is 7.17. The van der Waals surface area contributed by atoms with Crippen LogP contribution in [0.1, 0.15) is 11.1 Å². The molecule has 0 atom stereocenters. The third-order valence-electron chi connectivity index (χ3n) is 5.14. The number of aromatic nitrogens is 3. The van der Waals surface area contributed by atoms with Gasteiger partial charge in [-0.2, -0.15) is 0 Å². The normalized spacial score (nSPS) is 11.5. The minimum atomic E-state index is 0.575. The SMILES string of the molecule is Cc1cccc(OCCn2c3nc4ccccc4nc3c3cccc(C)c32)c1. The van der Waals surface area contributed by atoms with Crippen LogP contribution < -0.4 is 4.74 Å². The van der Waals surface area contributed by atoms with Crippen molar-refractivity contribution in [3.8, 4) is 5.75 Å². The van der Waals surface area contributed by atoms with E-state index in [1.54, 1.807) is 0 Å². The van der Waals surface area contributed by atoms with Gasteiger partial charge in [0.15, 0.2) is 5.65 Å². The third-order valence-corrected chi connectivity index (χ3v) is 5.14. The molecule has 2 heterocycles. The molecule has 5 rings (SSSR count). The molecule has 0 aliphatic rings. The zero-order valence-electron chi connectivity index (χ0n) is 16.0. The van der Waals surface area contributed by atoms with Crippen LogP contribution in [0.2, 0.25) is 0 Å². The van der Waals surface area contributed by atoms with E-state index < -0.39 is 0 Å². The maximum absolute atomic E-state index is 6.02. The van der Waals surface area contributed by atoms with Gasteiger partial charge in [0.05, 0.1) is 23.1 Å². The third kappa shape index (κ3) is 2.78. The Morgan fingerprint density at radius 2 is 1.64 bits per heavy atom. The Kier molecular flexibility index (Phi) is 3.97. The van der Waals surface area contributed by atoms with Crippen LogP contribution >= 0.6 is 0 Å². The minimum absolute atomic E-state index is 0.575. The predicted octanol–water partition coefficient (Wildman–Crippen LogP) is 5.43. The van der Waals surface area contributed by atoms with Crippen LogP contribution in [0.3, 0.4) is 0 Å². The lowest BCUT2D eigenvalue weighted by atomic mass is 10.1. The molecule has 2 aromatic heterocycles. The Labute approximate surface area is 163 Å². The first-order valence-corrected chi connectivity index (χ1v) is 9.54. The van der Waals surface area contributed by atoms with E-state index in [-0.39, 0.29) is 0 Å². The molecular formula is C24H21N3O. The highest BCUT2D eigenvalue weighted by Gasteiger charge is 2.15. The zero-order valence-corrected chi connectivity index (χ0v) is 16.0. The molecule has 0 fully saturated rings. The van der Waals surface area contributed by atoms with Crippen molar-refractivity contribution in [1.82, 2.24) is 14.5 Å². The molecule has 5 aromatic rings. The summed E-state index contributed by atoms with van der Waals surface area (Å²) in [7, 11) is 0. The topological polar surface area (TPSA) is 39.9 Å². The summed E-state index contributed by atoms with van der Waals surface area (Å²) in [6.45, 7) is 5.50. The van der Waals surface area contributed by atoms with Crippen LogP contribution in [0.25, 0.3) is 33.1 Å². The summed E-state index contributed by atoms with van der Waals surface area (Å²) in [6, 6.07) is 22.5. The van der Waals surface area contributed by atoms with Gasteiger partial charge in [-0.3, -0.25) is 0 Å².